The maximum absolute atomic E-state index is 12.1. The van der Waals surface area contributed by atoms with Crippen LogP contribution in [0.3, 0.4) is 0 Å². The average Bonchev–Trinajstić information content (AvgIpc) is 3.40. The van der Waals surface area contributed by atoms with E-state index in [4.69, 9.17) is 10.5 Å². The fourth-order valence-electron chi connectivity index (χ4n) is 2.67. The lowest BCUT2D eigenvalue weighted by atomic mass is 10.1. The minimum absolute atomic E-state index is 0.00424. The third-order valence-corrected chi connectivity index (χ3v) is 4.35. The van der Waals surface area contributed by atoms with Gasteiger partial charge in [0.05, 0.1) is 17.3 Å². The molecular formula is C18H18N2O3. The lowest BCUT2D eigenvalue weighted by Crippen LogP contribution is -2.15. The van der Waals surface area contributed by atoms with Gasteiger partial charge in [-0.25, -0.2) is 0 Å². The zero-order valence-electron chi connectivity index (χ0n) is 12.7. The monoisotopic (exact) mass is 310 g/mol. The van der Waals surface area contributed by atoms with Crippen molar-refractivity contribution >= 4 is 34.0 Å². The third kappa shape index (κ3) is 2.74. The Hall–Kier alpha value is -2.56. The van der Waals surface area contributed by atoms with E-state index in [1.807, 2.05) is 24.3 Å². The van der Waals surface area contributed by atoms with Gasteiger partial charge in [0.25, 0.3) is 0 Å². The van der Waals surface area contributed by atoms with Crippen molar-refractivity contribution in [2.75, 3.05) is 11.1 Å². The molecule has 0 bridgehead atoms. The van der Waals surface area contributed by atoms with Crippen LogP contribution in [0.4, 0.5) is 11.4 Å². The Labute approximate surface area is 133 Å². The van der Waals surface area contributed by atoms with Gasteiger partial charge >= 0.3 is 5.97 Å². The van der Waals surface area contributed by atoms with Crippen molar-refractivity contribution in [1.82, 2.24) is 0 Å². The molecule has 0 aromatic heterocycles. The SMILES string of the molecule is Nc1cc(OC(=O)C2CC2)c2ccccc2c1NC(=O)C1CC1. The molecule has 0 aliphatic heterocycles. The van der Waals surface area contributed by atoms with Crippen molar-refractivity contribution in [3.8, 4) is 5.75 Å². The summed E-state index contributed by atoms with van der Waals surface area (Å²) < 4.78 is 5.52. The molecule has 0 unspecified atom stereocenters. The normalized spacial score (nSPS) is 17.0. The second-order valence-electron chi connectivity index (χ2n) is 6.34. The number of amides is 1. The van der Waals surface area contributed by atoms with E-state index in [0.717, 1.165) is 36.5 Å². The topological polar surface area (TPSA) is 81.4 Å². The van der Waals surface area contributed by atoms with Crippen molar-refractivity contribution in [3.05, 3.63) is 30.3 Å². The van der Waals surface area contributed by atoms with E-state index in [-0.39, 0.29) is 23.7 Å². The summed E-state index contributed by atoms with van der Waals surface area (Å²) >= 11 is 0. The highest BCUT2D eigenvalue weighted by Gasteiger charge is 2.33. The number of carbonyl (C=O) groups is 2. The van der Waals surface area contributed by atoms with Gasteiger partial charge in [0, 0.05) is 22.8 Å². The van der Waals surface area contributed by atoms with Gasteiger partial charge in [-0.2, -0.15) is 0 Å². The molecule has 2 aromatic carbocycles. The Morgan fingerprint density at radius 3 is 2.35 bits per heavy atom. The molecule has 0 saturated heterocycles. The van der Waals surface area contributed by atoms with E-state index < -0.39 is 0 Å². The molecule has 5 nitrogen and oxygen atoms in total. The van der Waals surface area contributed by atoms with Gasteiger partial charge in [0.15, 0.2) is 0 Å². The van der Waals surface area contributed by atoms with E-state index in [1.54, 1.807) is 6.07 Å². The predicted molar refractivity (Wildman–Crippen MR) is 88.1 cm³/mol. The summed E-state index contributed by atoms with van der Waals surface area (Å²) in [5, 5.41) is 4.50. The minimum atomic E-state index is -0.204. The molecular weight excluding hydrogens is 292 g/mol. The number of rotatable bonds is 4. The molecule has 2 fully saturated rings. The van der Waals surface area contributed by atoms with E-state index in [2.05, 4.69) is 5.32 Å². The summed E-state index contributed by atoms with van der Waals surface area (Å²) in [6, 6.07) is 9.13. The number of esters is 1. The number of nitrogens with two attached hydrogens (primary N) is 1. The second kappa shape index (κ2) is 5.26. The number of nitrogen functional groups attached to an aromatic ring is 1. The summed E-state index contributed by atoms with van der Waals surface area (Å²) in [5.74, 6) is 0.373. The number of benzene rings is 2. The van der Waals surface area contributed by atoms with Crippen LogP contribution in [0, 0.1) is 11.8 Å². The first-order valence-corrected chi connectivity index (χ1v) is 7.97. The standard InChI is InChI=1S/C18H18N2O3/c19-14-9-15(23-18(22)11-7-8-11)12-3-1-2-4-13(12)16(14)20-17(21)10-5-6-10/h1-4,9-11H,5-8,19H2,(H,20,21). The summed E-state index contributed by atoms with van der Waals surface area (Å²) in [4.78, 5) is 24.0. The smallest absolute Gasteiger partial charge is 0.314 e. The molecule has 1 amide bonds. The predicted octanol–water partition coefficient (Wildman–Crippen LogP) is 3.09. The van der Waals surface area contributed by atoms with E-state index >= 15 is 0 Å². The number of anilines is 2. The number of fused-ring (bicyclic) bond motifs is 1. The fourth-order valence-corrected chi connectivity index (χ4v) is 2.67. The second-order valence-corrected chi connectivity index (χ2v) is 6.34. The number of carbonyl (C=O) groups excluding carboxylic acids is 2. The largest absolute Gasteiger partial charge is 0.426 e. The van der Waals surface area contributed by atoms with Crippen molar-refractivity contribution in [1.29, 1.82) is 0 Å². The fraction of sp³-hybridized carbons (Fsp3) is 0.333. The molecule has 0 heterocycles. The first-order valence-electron chi connectivity index (χ1n) is 7.97. The minimum Gasteiger partial charge on any atom is -0.426 e. The lowest BCUT2D eigenvalue weighted by Gasteiger charge is -2.15. The van der Waals surface area contributed by atoms with Crippen LogP contribution in [0.2, 0.25) is 0 Å². The quantitative estimate of drug-likeness (QED) is 0.516. The van der Waals surface area contributed by atoms with Crippen molar-refractivity contribution in [2.24, 2.45) is 11.8 Å². The number of hydrogen-bond acceptors (Lipinski definition) is 4. The Morgan fingerprint density at radius 1 is 1.04 bits per heavy atom. The molecule has 0 atom stereocenters. The van der Waals surface area contributed by atoms with Crippen LogP contribution >= 0.6 is 0 Å². The summed E-state index contributed by atoms with van der Waals surface area (Å²) in [6.07, 6.45) is 3.64. The molecule has 118 valence electrons. The van der Waals surface area contributed by atoms with Crippen LogP contribution in [0.1, 0.15) is 25.7 Å². The van der Waals surface area contributed by atoms with Gasteiger partial charge in [0.2, 0.25) is 5.91 Å². The van der Waals surface area contributed by atoms with Gasteiger partial charge in [-0.1, -0.05) is 24.3 Å². The highest BCUT2D eigenvalue weighted by atomic mass is 16.5. The zero-order valence-corrected chi connectivity index (χ0v) is 12.7. The Balaban J connectivity index is 1.73. The molecule has 4 rings (SSSR count). The Morgan fingerprint density at radius 2 is 1.70 bits per heavy atom. The summed E-state index contributed by atoms with van der Waals surface area (Å²) in [7, 11) is 0. The van der Waals surface area contributed by atoms with Crippen molar-refractivity contribution < 1.29 is 14.3 Å². The van der Waals surface area contributed by atoms with Crippen LogP contribution in [-0.2, 0) is 9.59 Å². The van der Waals surface area contributed by atoms with Crippen molar-refractivity contribution in [3.63, 3.8) is 0 Å². The highest BCUT2D eigenvalue weighted by molar-refractivity contribution is 6.10. The number of hydrogen-bond donors (Lipinski definition) is 2. The number of ether oxygens (including phenoxy) is 1. The molecule has 23 heavy (non-hydrogen) atoms. The highest BCUT2D eigenvalue weighted by Crippen LogP contribution is 2.40. The molecule has 0 radical (unpaired) electrons. The molecule has 5 heteroatoms. The molecule has 2 aliphatic rings. The molecule has 2 aliphatic carbocycles. The van der Waals surface area contributed by atoms with Gasteiger partial charge < -0.3 is 15.8 Å². The average molecular weight is 310 g/mol. The van der Waals surface area contributed by atoms with E-state index in [0.29, 0.717) is 17.1 Å². The van der Waals surface area contributed by atoms with Gasteiger partial charge in [-0.05, 0) is 25.7 Å². The summed E-state index contributed by atoms with van der Waals surface area (Å²) in [6.45, 7) is 0. The van der Waals surface area contributed by atoms with Crippen LogP contribution < -0.4 is 15.8 Å². The van der Waals surface area contributed by atoms with Gasteiger partial charge in [-0.3, -0.25) is 9.59 Å². The Kier molecular flexibility index (Phi) is 3.22. The first-order chi connectivity index (χ1) is 11.1. The summed E-state index contributed by atoms with van der Waals surface area (Å²) in [5.41, 5.74) is 7.13. The van der Waals surface area contributed by atoms with Crippen LogP contribution in [-0.4, -0.2) is 11.9 Å². The van der Waals surface area contributed by atoms with Crippen molar-refractivity contribution in [2.45, 2.75) is 25.7 Å². The van der Waals surface area contributed by atoms with E-state index in [1.165, 1.54) is 0 Å². The molecule has 0 spiro atoms. The molecule has 2 saturated carbocycles. The van der Waals surface area contributed by atoms with E-state index in [9.17, 15) is 9.59 Å². The maximum Gasteiger partial charge on any atom is 0.314 e. The maximum atomic E-state index is 12.1. The van der Waals surface area contributed by atoms with Crippen LogP contribution in [0.25, 0.3) is 10.8 Å². The lowest BCUT2D eigenvalue weighted by molar-refractivity contribution is -0.135. The molecule has 2 aromatic rings. The number of nitrogens with one attached hydrogen (secondary N) is 1. The van der Waals surface area contributed by atoms with Gasteiger partial charge in [0.1, 0.15) is 5.75 Å². The van der Waals surface area contributed by atoms with Gasteiger partial charge in [-0.15, -0.1) is 0 Å². The third-order valence-electron chi connectivity index (χ3n) is 4.35. The molecule has 3 N–H and O–H groups in total. The van der Waals surface area contributed by atoms with Crippen LogP contribution in [0.15, 0.2) is 30.3 Å². The zero-order chi connectivity index (χ0) is 16.0. The van der Waals surface area contributed by atoms with Crippen LogP contribution in [0.5, 0.6) is 5.75 Å². The first kappa shape index (κ1) is 14.1. The Bertz CT molecular complexity index is 807.